The van der Waals surface area contributed by atoms with Gasteiger partial charge in [0, 0.05) is 25.0 Å². The maximum absolute atomic E-state index is 4.03. The van der Waals surface area contributed by atoms with Crippen LogP contribution < -0.4 is 0 Å². The molecule has 1 aliphatic carbocycles. The highest BCUT2D eigenvalue weighted by atomic mass is 15.4. The summed E-state index contributed by atoms with van der Waals surface area (Å²) in [5, 5.41) is 0. The van der Waals surface area contributed by atoms with Gasteiger partial charge in [-0.25, -0.2) is 0 Å². The number of hydrogen-bond acceptors (Lipinski definition) is 2. The lowest BCUT2D eigenvalue weighted by Crippen LogP contribution is -2.29. The summed E-state index contributed by atoms with van der Waals surface area (Å²) in [5.74, 6) is 0.925. The molecule has 0 spiro atoms. The molecule has 2 nitrogen and oxygen atoms in total. The molecule has 0 unspecified atom stereocenters. The Morgan fingerprint density at radius 1 is 1.11 bits per heavy atom. The fourth-order valence-corrected chi connectivity index (χ4v) is 3.61. The predicted octanol–water partition coefficient (Wildman–Crippen LogP) is 3.89. The van der Waals surface area contributed by atoms with Gasteiger partial charge in [0.25, 0.3) is 0 Å². The quantitative estimate of drug-likeness (QED) is 0.741. The van der Waals surface area contributed by atoms with Crippen molar-refractivity contribution >= 4 is 0 Å². The maximum atomic E-state index is 4.03. The molecular formula is C17H26N2. The minimum atomic E-state index is 0.925. The van der Waals surface area contributed by atoms with Crippen LogP contribution in [0.25, 0.3) is 0 Å². The Labute approximate surface area is 117 Å². The smallest absolute Gasteiger partial charge is 0.0751 e. The van der Waals surface area contributed by atoms with Gasteiger partial charge in [-0.3, -0.25) is 4.90 Å². The van der Waals surface area contributed by atoms with E-state index in [9.17, 15) is 0 Å². The summed E-state index contributed by atoms with van der Waals surface area (Å²) in [6.07, 6.45) is 16.7. The van der Waals surface area contributed by atoms with Gasteiger partial charge in [0.2, 0.25) is 0 Å². The lowest BCUT2D eigenvalue weighted by Gasteiger charge is -2.25. The molecule has 2 fully saturated rings. The van der Waals surface area contributed by atoms with Crippen LogP contribution in [0.4, 0.5) is 0 Å². The fourth-order valence-electron chi connectivity index (χ4n) is 3.61. The molecule has 0 aromatic rings. The summed E-state index contributed by atoms with van der Waals surface area (Å²) < 4.78 is 0. The molecule has 2 heterocycles. The first kappa shape index (κ1) is 13.0. The summed E-state index contributed by atoms with van der Waals surface area (Å²) in [6.45, 7) is 7.50. The van der Waals surface area contributed by atoms with Gasteiger partial charge in [-0.15, -0.1) is 0 Å². The molecule has 1 saturated carbocycles. The van der Waals surface area contributed by atoms with Crippen molar-refractivity contribution in [3.8, 4) is 0 Å². The van der Waals surface area contributed by atoms with E-state index in [0.717, 1.165) is 24.7 Å². The third-order valence-corrected chi connectivity index (χ3v) is 4.67. The number of allylic oxidation sites excluding steroid dienone is 3. The largest absolute Gasteiger partial charge is 0.337 e. The van der Waals surface area contributed by atoms with Gasteiger partial charge in [0.05, 0.1) is 6.67 Å². The zero-order valence-electron chi connectivity index (χ0n) is 12.0. The molecule has 0 bridgehead atoms. The minimum absolute atomic E-state index is 0.925. The topological polar surface area (TPSA) is 6.48 Å². The third kappa shape index (κ3) is 3.30. The highest BCUT2D eigenvalue weighted by Gasteiger charge is 2.26. The van der Waals surface area contributed by atoms with E-state index in [1.54, 1.807) is 0 Å². The number of fused-ring (bicyclic) bond motifs is 1. The monoisotopic (exact) mass is 258 g/mol. The van der Waals surface area contributed by atoms with E-state index in [0.29, 0.717) is 0 Å². The third-order valence-electron chi connectivity index (χ3n) is 4.67. The van der Waals surface area contributed by atoms with Crippen LogP contribution in [0.15, 0.2) is 36.2 Å². The van der Waals surface area contributed by atoms with Crippen molar-refractivity contribution in [1.29, 1.82) is 0 Å². The van der Waals surface area contributed by atoms with Crippen LogP contribution in [-0.2, 0) is 0 Å². The Kier molecular flexibility index (Phi) is 4.07. The first-order valence-corrected chi connectivity index (χ1v) is 7.88. The van der Waals surface area contributed by atoms with E-state index in [2.05, 4.69) is 34.7 Å². The second kappa shape index (κ2) is 5.96. The maximum Gasteiger partial charge on any atom is 0.0751 e. The molecule has 19 heavy (non-hydrogen) atoms. The molecule has 0 aromatic carbocycles. The first-order chi connectivity index (χ1) is 9.31. The van der Waals surface area contributed by atoms with E-state index in [4.69, 9.17) is 0 Å². The molecule has 0 N–H and O–H groups in total. The van der Waals surface area contributed by atoms with Gasteiger partial charge < -0.3 is 4.90 Å². The van der Waals surface area contributed by atoms with Crippen LogP contribution in [0, 0.1) is 5.92 Å². The van der Waals surface area contributed by atoms with E-state index >= 15 is 0 Å². The molecule has 3 aliphatic rings. The van der Waals surface area contributed by atoms with Gasteiger partial charge in [-0.2, -0.15) is 0 Å². The summed E-state index contributed by atoms with van der Waals surface area (Å²) in [6, 6.07) is 0. The van der Waals surface area contributed by atoms with Gasteiger partial charge in [-0.1, -0.05) is 38.7 Å². The number of nitrogens with zero attached hydrogens (tertiary/aromatic N) is 2. The molecule has 0 atom stereocenters. The van der Waals surface area contributed by atoms with Crippen molar-refractivity contribution in [2.75, 3.05) is 19.8 Å². The van der Waals surface area contributed by atoms with Crippen molar-refractivity contribution in [3.05, 3.63) is 36.2 Å². The van der Waals surface area contributed by atoms with Gasteiger partial charge in [0.15, 0.2) is 0 Å². The second-order valence-electron chi connectivity index (χ2n) is 6.36. The van der Waals surface area contributed by atoms with E-state index in [1.807, 2.05) is 0 Å². The van der Waals surface area contributed by atoms with Crippen LogP contribution in [0.2, 0.25) is 0 Å². The highest BCUT2D eigenvalue weighted by molar-refractivity contribution is 5.36. The Morgan fingerprint density at radius 3 is 2.63 bits per heavy atom. The van der Waals surface area contributed by atoms with Crippen LogP contribution in [-0.4, -0.2) is 29.6 Å². The first-order valence-electron chi connectivity index (χ1n) is 7.88. The van der Waals surface area contributed by atoms with Crippen molar-refractivity contribution < 1.29 is 0 Å². The summed E-state index contributed by atoms with van der Waals surface area (Å²) >= 11 is 0. The Balaban J connectivity index is 1.54. The zero-order chi connectivity index (χ0) is 13.1. The van der Waals surface area contributed by atoms with E-state index in [1.165, 1.54) is 57.2 Å². The number of hydrogen-bond donors (Lipinski definition) is 0. The highest BCUT2D eigenvalue weighted by Crippen LogP contribution is 2.27. The normalized spacial score (nSPS) is 26.0. The lowest BCUT2D eigenvalue weighted by molar-refractivity contribution is 0.222. The Hall–Kier alpha value is -1.02. The zero-order valence-corrected chi connectivity index (χ0v) is 12.0. The van der Waals surface area contributed by atoms with Crippen molar-refractivity contribution in [1.82, 2.24) is 9.80 Å². The molecule has 0 aromatic heterocycles. The van der Waals surface area contributed by atoms with Crippen LogP contribution >= 0.6 is 0 Å². The van der Waals surface area contributed by atoms with E-state index < -0.39 is 0 Å². The number of rotatable bonds is 2. The molecule has 104 valence electrons. The van der Waals surface area contributed by atoms with Gasteiger partial charge in [0.1, 0.15) is 0 Å². The molecule has 0 amide bonds. The van der Waals surface area contributed by atoms with Crippen molar-refractivity contribution in [3.63, 3.8) is 0 Å². The summed E-state index contributed by atoms with van der Waals surface area (Å²) in [7, 11) is 0. The van der Waals surface area contributed by atoms with Gasteiger partial charge in [-0.05, 0) is 36.5 Å². The molecule has 2 heteroatoms. The van der Waals surface area contributed by atoms with Crippen LogP contribution in [0.3, 0.4) is 0 Å². The van der Waals surface area contributed by atoms with Crippen LogP contribution in [0.5, 0.6) is 0 Å². The summed E-state index contributed by atoms with van der Waals surface area (Å²) in [5.41, 5.74) is 2.57. The van der Waals surface area contributed by atoms with Crippen LogP contribution in [0.1, 0.15) is 44.9 Å². The standard InChI is InChI=1S/C17H26N2/c1-15-9-10-19-14-18(13-17(19)11-15)12-16-7-5-3-2-4-6-8-16/h9-11,16H,1-8,12-14H2. The van der Waals surface area contributed by atoms with Crippen molar-refractivity contribution in [2.24, 2.45) is 5.92 Å². The van der Waals surface area contributed by atoms with Gasteiger partial charge >= 0.3 is 0 Å². The van der Waals surface area contributed by atoms with E-state index in [-0.39, 0.29) is 0 Å². The molecule has 2 aliphatic heterocycles. The SMILES string of the molecule is C=C1C=CN2CN(CC3CCCCCCC3)CC2=C1. The lowest BCUT2D eigenvalue weighted by atomic mass is 9.91. The van der Waals surface area contributed by atoms with Crippen molar-refractivity contribution in [2.45, 2.75) is 44.9 Å². The predicted molar refractivity (Wildman–Crippen MR) is 80.5 cm³/mol. The Bertz CT molecular complexity index is 386. The fraction of sp³-hybridized carbons (Fsp3) is 0.647. The molecule has 0 radical (unpaired) electrons. The average molecular weight is 258 g/mol. The second-order valence-corrected chi connectivity index (χ2v) is 6.36. The average Bonchev–Trinajstić information content (AvgIpc) is 2.74. The molecular weight excluding hydrogens is 232 g/mol. The Morgan fingerprint density at radius 2 is 1.84 bits per heavy atom. The molecule has 1 saturated heterocycles. The minimum Gasteiger partial charge on any atom is -0.337 e. The summed E-state index contributed by atoms with van der Waals surface area (Å²) in [4.78, 5) is 4.98. The molecule has 3 rings (SSSR count).